The average molecular weight is 308 g/mol. The minimum absolute atomic E-state index is 0.125. The monoisotopic (exact) mass is 308 g/mol. The van der Waals surface area contributed by atoms with Crippen LogP contribution in [0.2, 0.25) is 0 Å². The van der Waals surface area contributed by atoms with Crippen molar-refractivity contribution in [2.75, 3.05) is 26.2 Å². The number of rotatable bonds is 2. The summed E-state index contributed by atoms with van der Waals surface area (Å²) in [5.41, 5.74) is 0.856. The summed E-state index contributed by atoms with van der Waals surface area (Å²) in [6.07, 6.45) is 2.61. The molecule has 0 bridgehead atoms. The predicted molar refractivity (Wildman–Crippen MR) is 85.1 cm³/mol. The molecule has 0 saturated carbocycles. The van der Waals surface area contributed by atoms with Gasteiger partial charge in [-0.3, -0.25) is 4.79 Å². The number of morpholine rings is 1. The Morgan fingerprint density at radius 1 is 1.29 bits per heavy atom. The van der Waals surface area contributed by atoms with E-state index in [0.717, 1.165) is 18.7 Å². The van der Waals surface area contributed by atoms with Crippen LogP contribution in [0.3, 0.4) is 0 Å². The first-order valence-corrected chi connectivity index (χ1v) is 8.75. The van der Waals surface area contributed by atoms with Crippen LogP contribution in [0.4, 0.5) is 0 Å². The normalized spacial score (nSPS) is 27.8. The number of nitrogens with one attached hydrogen (secondary N) is 1. The Hall–Kier alpha value is -0.910. The number of piperidine rings is 1. The molecular weight excluding hydrogens is 284 g/mol. The summed E-state index contributed by atoms with van der Waals surface area (Å²) in [4.78, 5) is 16.0. The van der Waals surface area contributed by atoms with Crippen molar-refractivity contribution in [1.29, 1.82) is 0 Å². The third-order valence-corrected chi connectivity index (χ3v) is 5.41. The number of ether oxygens (including phenoxy) is 1. The average Bonchev–Trinajstić information content (AvgIpc) is 2.96. The number of hydrogen-bond donors (Lipinski definition) is 1. The van der Waals surface area contributed by atoms with E-state index in [2.05, 4.69) is 11.4 Å². The van der Waals surface area contributed by atoms with Crippen molar-refractivity contribution >= 4 is 17.2 Å². The Morgan fingerprint density at radius 3 is 2.62 bits per heavy atom. The van der Waals surface area contributed by atoms with E-state index in [0.29, 0.717) is 19.0 Å². The third kappa shape index (κ3) is 3.47. The first-order valence-electron chi connectivity index (χ1n) is 7.87. The fourth-order valence-corrected chi connectivity index (χ4v) is 4.37. The van der Waals surface area contributed by atoms with Gasteiger partial charge in [-0.1, -0.05) is 0 Å². The first-order chi connectivity index (χ1) is 10.1. The van der Waals surface area contributed by atoms with E-state index in [4.69, 9.17) is 4.74 Å². The van der Waals surface area contributed by atoms with Crippen molar-refractivity contribution in [1.82, 2.24) is 10.2 Å². The van der Waals surface area contributed by atoms with Gasteiger partial charge in [-0.05, 0) is 51.8 Å². The van der Waals surface area contributed by atoms with Crippen molar-refractivity contribution in [3.05, 3.63) is 21.9 Å². The maximum Gasteiger partial charge on any atom is 0.254 e. The van der Waals surface area contributed by atoms with Gasteiger partial charge in [0.25, 0.3) is 5.91 Å². The van der Waals surface area contributed by atoms with Crippen LogP contribution in [-0.4, -0.2) is 49.2 Å². The highest BCUT2D eigenvalue weighted by atomic mass is 32.1. The maximum absolute atomic E-state index is 12.7. The Morgan fingerprint density at radius 2 is 1.95 bits per heavy atom. The van der Waals surface area contributed by atoms with Gasteiger partial charge in [0.2, 0.25) is 0 Å². The number of hydrogen-bond acceptors (Lipinski definition) is 4. The van der Waals surface area contributed by atoms with Gasteiger partial charge in [0.15, 0.2) is 0 Å². The number of amides is 1. The lowest BCUT2D eigenvalue weighted by Crippen LogP contribution is -2.48. The van der Waals surface area contributed by atoms with Crippen LogP contribution in [0.15, 0.2) is 11.4 Å². The lowest BCUT2D eigenvalue weighted by Gasteiger charge is -2.35. The molecule has 2 fully saturated rings. The lowest BCUT2D eigenvalue weighted by molar-refractivity contribution is -0.0586. The van der Waals surface area contributed by atoms with Gasteiger partial charge >= 0.3 is 0 Å². The zero-order valence-corrected chi connectivity index (χ0v) is 13.6. The number of thiophene rings is 1. The summed E-state index contributed by atoms with van der Waals surface area (Å²) in [5.74, 6) is 0.786. The number of carbonyl (C=O) groups is 1. The van der Waals surface area contributed by atoms with Crippen molar-refractivity contribution in [2.45, 2.75) is 44.8 Å². The molecule has 0 aromatic carbocycles. The Kier molecular flexibility index (Phi) is 4.62. The van der Waals surface area contributed by atoms with Crippen LogP contribution >= 0.6 is 11.3 Å². The quantitative estimate of drug-likeness (QED) is 0.912. The molecular formula is C16H24N2O2S. The summed E-state index contributed by atoms with van der Waals surface area (Å²) < 4.78 is 5.70. The highest BCUT2D eigenvalue weighted by molar-refractivity contribution is 7.10. The van der Waals surface area contributed by atoms with E-state index >= 15 is 0 Å². The lowest BCUT2D eigenvalue weighted by atomic mass is 9.96. The van der Waals surface area contributed by atoms with Gasteiger partial charge in [-0.2, -0.15) is 0 Å². The highest BCUT2D eigenvalue weighted by Gasteiger charge is 2.27. The highest BCUT2D eigenvalue weighted by Crippen LogP contribution is 2.31. The third-order valence-electron chi connectivity index (χ3n) is 4.32. The first kappa shape index (κ1) is 15.0. The second-order valence-corrected chi connectivity index (χ2v) is 7.17. The van der Waals surface area contributed by atoms with Crippen LogP contribution in [0, 0.1) is 0 Å². The molecule has 2 atom stereocenters. The van der Waals surface area contributed by atoms with E-state index < -0.39 is 0 Å². The van der Waals surface area contributed by atoms with Gasteiger partial charge in [0, 0.05) is 23.3 Å². The van der Waals surface area contributed by atoms with Crippen LogP contribution in [0.1, 0.15) is 47.8 Å². The summed E-state index contributed by atoms with van der Waals surface area (Å²) in [5, 5.41) is 5.42. The van der Waals surface area contributed by atoms with E-state index in [1.54, 1.807) is 11.3 Å². The summed E-state index contributed by atoms with van der Waals surface area (Å²) in [6.45, 7) is 7.63. The zero-order valence-electron chi connectivity index (χ0n) is 12.8. The fraction of sp³-hybridized carbons (Fsp3) is 0.688. The molecule has 5 heteroatoms. The largest absolute Gasteiger partial charge is 0.372 e. The van der Waals surface area contributed by atoms with E-state index in [1.807, 2.05) is 24.1 Å². The zero-order chi connectivity index (χ0) is 14.8. The predicted octanol–water partition coefficient (Wildman–Crippen LogP) is 2.46. The second-order valence-electron chi connectivity index (χ2n) is 6.23. The van der Waals surface area contributed by atoms with Gasteiger partial charge < -0.3 is 15.0 Å². The second kappa shape index (κ2) is 6.46. The smallest absolute Gasteiger partial charge is 0.254 e. The molecule has 2 aliphatic heterocycles. The molecule has 0 unspecified atom stereocenters. The van der Waals surface area contributed by atoms with Gasteiger partial charge in [-0.15, -0.1) is 11.3 Å². The van der Waals surface area contributed by atoms with Crippen LogP contribution in [0.5, 0.6) is 0 Å². The van der Waals surface area contributed by atoms with Crippen molar-refractivity contribution in [3.63, 3.8) is 0 Å². The molecule has 0 radical (unpaired) electrons. The fourth-order valence-electron chi connectivity index (χ4n) is 3.31. The van der Waals surface area contributed by atoms with Crippen molar-refractivity contribution in [3.8, 4) is 0 Å². The molecule has 2 aliphatic rings. The minimum atomic E-state index is 0.125. The molecule has 1 amide bonds. The molecule has 0 aliphatic carbocycles. The van der Waals surface area contributed by atoms with Crippen molar-refractivity contribution < 1.29 is 9.53 Å². The van der Waals surface area contributed by atoms with Crippen LogP contribution in [0.25, 0.3) is 0 Å². The topological polar surface area (TPSA) is 41.6 Å². The SMILES string of the molecule is C[C@@H]1CN(C(=O)c2csc(C3CCNCC3)c2)C[C@H](C)O1. The molecule has 3 heterocycles. The molecule has 3 rings (SSSR count). The van der Waals surface area contributed by atoms with E-state index in [1.165, 1.54) is 17.7 Å². The molecule has 1 aromatic rings. The van der Waals surface area contributed by atoms with Gasteiger partial charge in [-0.25, -0.2) is 0 Å². The van der Waals surface area contributed by atoms with Crippen molar-refractivity contribution in [2.24, 2.45) is 0 Å². The van der Waals surface area contributed by atoms with E-state index in [-0.39, 0.29) is 18.1 Å². The summed E-state index contributed by atoms with van der Waals surface area (Å²) in [6, 6.07) is 2.12. The number of carbonyl (C=O) groups excluding carboxylic acids is 1. The molecule has 0 spiro atoms. The Bertz CT molecular complexity index is 486. The molecule has 1 N–H and O–H groups in total. The minimum Gasteiger partial charge on any atom is -0.372 e. The summed E-state index contributed by atoms with van der Waals surface area (Å²) in [7, 11) is 0. The summed E-state index contributed by atoms with van der Waals surface area (Å²) >= 11 is 1.74. The molecule has 116 valence electrons. The van der Waals surface area contributed by atoms with Gasteiger partial charge in [0.1, 0.15) is 0 Å². The molecule has 4 nitrogen and oxygen atoms in total. The molecule has 21 heavy (non-hydrogen) atoms. The standard InChI is InChI=1S/C16H24N2O2S/c1-11-8-18(9-12(2)20-11)16(19)14-7-15(21-10-14)13-3-5-17-6-4-13/h7,10-13,17H,3-6,8-9H2,1-2H3/t11-,12+. The maximum atomic E-state index is 12.7. The Balaban J connectivity index is 1.68. The number of nitrogens with zero attached hydrogens (tertiary/aromatic N) is 1. The van der Waals surface area contributed by atoms with Crippen LogP contribution < -0.4 is 5.32 Å². The van der Waals surface area contributed by atoms with Gasteiger partial charge in [0.05, 0.1) is 17.8 Å². The Labute approximate surface area is 130 Å². The molecule has 1 aromatic heterocycles. The van der Waals surface area contributed by atoms with Crippen LogP contribution in [-0.2, 0) is 4.74 Å². The van der Waals surface area contributed by atoms with E-state index in [9.17, 15) is 4.79 Å². The molecule has 2 saturated heterocycles.